The Morgan fingerprint density at radius 2 is 1.60 bits per heavy atom. The van der Waals surface area contributed by atoms with Crippen LogP contribution in [0.5, 0.6) is 5.75 Å². The van der Waals surface area contributed by atoms with Crippen LogP contribution < -0.4 is 14.4 Å². The van der Waals surface area contributed by atoms with E-state index in [4.69, 9.17) is 4.74 Å². The number of nitrogens with zero attached hydrogens (tertiary/aromatic N) is 2. The standard InChI is InChI=1S/C34H43N3O5S/c1-6-31(34(39)35-28-11-7-8-12-28)36(22-27-16-18-29(42-5)19-17-27)33(38)23-37(32-13-9-10-25(3)26(32)4)43(40,41)30-20-14-24(2)15-21-30/h9-10,13-21,28,31H,6-8,11-12,22-23H2,1-5H3,(H,35,39). The molecule has 0 spiro atoms. The SMILES string of the molecule is CCC(C(=O)NC1CCCC1)N(Cc1ccc(OC)cc1)C(=O)CN(c1cccc(C)c1C)S(=O)(=O)c1ccc(C)cc1. The fourth-order valence-corrected chi connectivity index (χ4v) is 7.04. The fraction of sp³-hybridized carbons (Fsp3) is 0.412. The van der Waals surface area contributed by atoms with Crippen molar-refractivity contribution in [1.82, 2.24) is 10.2 Å². The molecular formula is C34H43N3O5S. The Morgan fingerprint density at radius 1 is 0.953 bits per heavy atom. The number of ether oxygens (including phenoxy) is 1. The number of amides is 2. The molecule has 0 heterocycles. The molecule has 0 aliphatic heterocycles. The minimum atomic E-state index is -4.12. The van der Waals surface area contributed by atoms with Crippen molar-refractivity contribution >= 4 is 27.5 Å². The van der Waals surface area contributed by atoms with Crippen molar-refractivity contribution in [2.75, 3.05) is 18.0 Å². The zero-order valence-corrected chi connectivity index (χ0v) is 26.6. The van der Waals surface area contributed by atoms with Gasteiger partial charge >= 0.3 is 0 Å². The summed E-state index contributed by atoms with van der Waals surface area (Å²) in [7, 11) is -2.54. The van der Waals surface area contributed by atoms with Crippen molar-refractivity contribution in [3.63, 3.8) is 0 Å². The Kier molecular flexibility index (Phi) is 10.5. The summed E-state index contributed by atoms with van der Waals surface area (Å²) in [5, 5.41) is 3.15. The molecule has 1 unspecified atom stereocenters. The predicted molar refractivity (Wildman–Crippen MR) is 170 cm³/mol. The molecule has 0 bridgehead atoms. The van der Waals surface area contributed by atoms with E-state index in [-0.39, 0.29) is 23.4 Å². The van der Waals surface area contributed by atoms with E-state index in [1.165, 1.54) is 9.21 Å². The van der Waals surface area contributed by atoms with Gasteiger partial charge in [0.25, 0.3) is 10.0 Å². The van der Waals surface area contributed by atoms with Gasteiger partial charge in [0.05, 0.1) is 17.7 Å². The van der Waals surface area contributed by atoms with Crippen LogP contribution in [0.15, 0.2) is 71.6 Å². The zero-order valence-electron chi connectivity index (χ0n) is 25.8. The number of methoxy groups -OCH3 is 1. The summed E-state index contributed by atoms with van der Waals surface area (Å²) in [6.07, 6.45) is 4.36. The smallest absolute Gasteiger partial charge is 0.264 e. The maximum absolute atomic E-state index is 14.3. The van der Waals surface area contributed by atoms with Crippen molar-refractivity contribution in [3.8, 4) is 5.75 Å². The summed E-state index contributed by atoms with van der Waals surface area (Å²) < 4.78 is 34.8. The van der Waals surface area contributed by atoms with Gasteiger partial charge in [-0.2, -0.15) is 0 Å². The highest BCUT2D eigenvalue weighted by molar-refractivity contribution is 7.92. The van der Waals surface area contributed by atoms with E-state index < -0.39 is 28.5 Å². The molecule has 2 amide bonds. The van der Waals surface area contributed by atoms with Crippen molar-refractivity contribution in [3.05, 3.63) is 89.0 Å². The molecule has 1 aliphatic rings. The molecule has 1 atom stereocenters. The lowest BCUT2D eigenvalue weighted by Gasteiger charge is -2.34. The van der Waals surface area contributed by atoms with Crippen LogP contribution in [-0.4, -0.2) is 50.9 Å². The number of nitrogens with one attached hydrogen (secondary N) is 1. The Bertz CT molecular complexity index is 1510. The highest BCUT2D eigenvalue weighted by atomic mass is 32.2. The van der Waals surface area contributed by atoms with Crippen LogP contribution in [0, 0.1) is 20.8 Å². The summed E-state index contributed by atoms with van der Waals surface area (Å²) in [6, 6.07) is 18.7. The molecule has 230 valence electrons. The molecule has 9 heteroatoms. The second-order valence-electron chi connectivity index (χ2n) is 11.3. The number of carbonyl (C=O) groups is 2. The van der Waals surface area contributed by atoms with Crippen LogP contribution >= 0.6 is 0 Å². The average molecular weight is 606 g/mol. The van der Waals surface area contributed by atoms with Gasteiger partial charge in [0, 0.05) is 12.6 Å². The minimum absolute atomic E-state index is 0.0906. The lowest BCUT2D eigenvalue weighted by molar-refractivity contribution is -0.140. The van der Waals surface area contributed by atoms with E-state index in [2.05, 4.69) is 5.32 Å². The molecular weight excluding hydrogens is 562 g/mol. The van der Waals surface area contributed by atoms with E-state index in [0.717, 1.165) is 47.9 Å². The van der Waals surface area contributed by atoms with Gasteiger partial charge in [0.1, 0.15) is 18.3 Å². The summed E-state index contributed by atoms with van der Waals surface area (Å²) in [5.41, 5.74) is 3.84. The topological polar surface area (TPSA) is 96.0 Å². The molecule has 0 radical (unpaired) electrons. The molecule has 8 nitrogen and oxygen atoms in total. The Labute approximate surface area is 256 Å². The second kappa shape index (κ2) is 14.1. The molecule has 4 rings (SSSR count). The van der Waals surface area contributed by atoms with Gasteiger partial charge in [0.15, 0.2) is 0 Å². The Balaban J connectivity index is 1.74. The van der Waals surface area contributed by atoms with E-state index in [0.29, 0.717) is 17.9 Å². The third-order valence-corrected chi connectivity index (χ3v) is 10.1. The van der Waals surface area contributed by atoms with Crippen LogP contribution in [0.4, 0.5) is 5.69 Å². The van der Waals surface area contributed by atoms with Gasteiger partial charge in [-0.25, -0.2) is 8.42 Å². The normalized spacial score (nSPS) is 14.3. The number of hydrogen-bond donors (Lipinski definition) is 1. The second-order valence-corrected chi connectivity index (χ2v) is 13.2. The third-order valence-electron chi connectivity index (χ3n) is 8.33. The molecule has 0 saturated heterocycles. The van der Waals surface area contributed by atoms with Crippen LogP contribution in [-0.2, 0) is 26.2 Å². The van der Waals surface area contributed by atoms with Gasteiger partial charge in [-0.15, -0.1) is 0 Å². The number of benzene rings is 3. The highest BCUT2D eigenvalue weighted by Gasteiger charge is 2.35. The van der Waals surface area contributed by atoms with Crippen molar-refractivity contribution < 1.29 is 22.7 Å². The third kappa shape index (κ3) is 7.57. The van der Waals surface area contributed by atoms with Crippen molar-refractivity contribution in [2.24, 2.45) is 0 Å². The maximum Gasteiger partial charge on any atom is 0.264 e. The highest BCUT2D eigenvalue weighted by Crippen LogP contribution is 2.29. The van der Waals surface area contributed by atoms with Gasteiger partial charge in [0.2, 0.25) is 11.8 Å². The van der Waals surface area contributed by atoms with E-state index in [9.17, 15) is 18.0 Å². The Morgan fingerprint density at radius 3 is 2.21 bits per heavy atom. The van der Waals surface area contributed by atoms with E-state index in [1.54, 1.807) is 43.5 Å². The first-order valence-electron chi connectivity index (χ1n) is 14.9. The molecule has 1 aliphatic carbocycles. The number of carbonyl (C=O) groups excluding carboxylic acids is 2. The molecule has 43 heavy (non-hydrogen) atoms. The predicted octanol–water partition coefficient (Wildman–Crippen LogP) is 5.68. The Hall–Kier alpha value is -3.85. The summed E-state index contributed by atoms with van der Waals surface area (Å²) in [5.74, 6) is 0.00899. The number of rotatable bonds is 12. The zero-order chi connectivity index (χ0) is 31.1. The lowest BCUT2D eigenvalue weighted by atomic mass is 10.1. The summed E-state index contributed by atoms with van der Waals surface area (Å²) >= 11 is 0. The van der Waals surface area contributed by atoms with Crippen LogP contribution in [0.25, 0.3) is 0 Å². The van der Waals surface area contributed by atoms with Crippen molar-refractivity contribution in [1.29, 1.82) is 0 Å². The van der Waals surface area contributed by atoms with Gasteiger partial charge in [-0.3, -0.25) is 13.9 Å². The quantitative estimate of drug-likeness (QED) is 0.287. The van der Waals surface area contributed by atoms with E-state index >= 15 is 0 Å². The molecule has 3 aromatic rings. The van der Waals surface area contributed by atoms with Crippen LogP contribution in [0.2, 0.25) is 0 Å². The fourth-order valence-electron chi connectivity index (χ4n) is 5.57. The van der Waals surface area contributed by atoms with E-state index in [1.807, 2.05) is 58.0 Å². The molecule has 0 aromatic heterocycles. The first kappa shape index (κ1) is 32.1. The molecule has 1 N–H and O–H groups in total. The van der Waals surface area contributed by atoms with Crippen LogP contribution in [0.1, 0.15) is 61.3 Å². The van der Waals surface area contributed by atoms with Gasteiger partial charge < -0.3 is 15.0 Å². The summed E-state index contributed by atoms with van der Waals surface area (Å²) in [4.78, 5) is 29.6. The van der Waals surface area contributed by atoms with Gasteiger partial charge in [-0.05, 0) is 87.1 Å². The largest absolute Gasteiger partial charge is 0.497 e. The molecule has 1 saturated carbocycles. The first-order chi connectivity index (χ1) is 20.5. The lowest BCUT2D eigenvalue weighted by Crippen LogP contribution is -2.53. The number of anilines is 1. The summed E-state index contributed by atoms with van der Waals surface area (Å²) in [6.45, 7) is 7.22. The number of sulfonamides is 1. The maximum atomic E-state index is 14.3. The first-order valence-corrected chi connectivity index (χ1v) is 16.4. The van der Waals surface area contributed by atoms with Crippen molar-refractivity contribution in [2.45, 2.75) is 83.3 Å². The number of hydrogen-bond acceptors (Lipinski definition) is 5. The minimum Gasteiger partial charge on any atom is -0.497 e. The number of aryl methyl sites for hydroxylation is 2. The monoisotopic (exact) mass is 605 g/mol. The average Bonchev–Trinajstić information content (AvgIpc) is 3.51. The van der Waals surface area contributed by atoms with Gasteiger partial charge in [-0.1, -0.05) is 61.7 Å². The van der Waals surface area contributed by atoms with Crippen LogP contribution in [0.3, 0.4) is 0 Å². The molecule has 3 aromatic carbocycles. The molecule has 1 fully saturated rings.